The Morgan fingerprint density at radius 2 is 2.17 bits per heavy atom. The number of fused-ring (bicyclic) bond motifs is 1. The Morgan fingerprint density at radius 1 is 1.28 bits per heavy atom. The predicted molar refractivity (Wildman–Crippen MR) is 70.3 cm³/mol. The molecule has 1 aromatic carbocycles. The number of aromatic amines is 1. The van der Waals surface area contributed by atoms with Crippen molar-refractivity contribution < 1.29 is 4.74 Å². The van der Waals surface area contributed by atoms with Crippen molar-refractivity contribution in [3.05, 3.63) is 36.7 Å². The lowest BCUT2D eigenvalue weighted by Gasteiger charge is -2.05. The van der Waals surface area contributed by atoms with Gasteiger partial charge in [0.2, 0.25) is 0 Å². The first-order chi connectivity index (χ1) is 8.79. The van der Waals surface area contributed by atoms with E-state index in [1.807, 2.05) is 24.3 Å². The van der Waals surface area contributed by atoms with E-state index >= 15 is 0 Å². The van der Waals surface area contributed by atoms with Crippen molar-refractivity contribution in [2.45, 2.75) is 0 Å². The lowest BCUT2D eigenvalue weighted by atomic mass is 10.0. The molecule has 2 heterocycles. The molecule has 0 fully saturated rings. The molecule has 0 radical (unpaired) electrons. The summed E-state index contributed by atoms with van der Waals surface area (Å²) in [5.41, 5.74) is 8.65. The molecular formula is C13H12N4O. The molecule has 3 N–H and O–H groups in total. The van der Waals surface area contributed by atoms with Crippen molar-refractivity contribution in [2.75, 3.05) is 12.8 Å². The molecular weight excluding hydrogens is 228 g/mol. The van der Waals surface area contributed by atoms with Crippen molar-refractivity contribution in [3.8, 4) is 16.9 Å². The number of ether oxygens (including phenoxy) is 1. The van der Waals surface area contributed by atoms with E-state index in [2.05, 4.69) is 15.2 Å². The van der Waals surface area contributed by atoms with E-state index in [1.54, 1.807) is 19.5 Å². The Morgan fingerprint density at radius 3 is 3.00 bits per heavy atom. The fourth-order valence-electron chi connectivity index (χ4n) is 2.01. The number of H-pyrrole nitrogens is 1. The van der Waals surface area contributed by atoms with Crippen molar-refractivity contribution in [3.63, 3.8) is 0 Å². The van der Waals surface area contributed by atoms with Gasteiger partial charge in [0.05, 0.1) is 24.2 Å². The number of pyridine rings is 1. The molecule has 3 rings (SSSR count). The Labute approximate surface area is 104 Å². The summed E-state index contributed by atoms with van der Waals surface area (Å²) in [5.74, 6) is 1.27. The summed E-state index contributed by atoms with van der Waals surface area (Å²) < 4.78 is 5.23. The van der Waals surface area contributed by atoms with E-state index in [-0.39, 0.29) is 0 Å². The number of nitrogens with zero attached hydrogens (tertiary/aromatic N) is 2. The van der Waals surface area contributed by atoms with Crippen LogP contribution in [0, 0.1) is 0 Å². The molecule has 2 aromatic heterocycles. The van der Waals surface area contributed by atoms with Crippen LogP contribution in [0.25, 0.3) is 22.0 Å². The maximum Gasteiger partial charge on any atom is 0.153 e. The molecule has 0 aliphatic heterocycles. The molecule has 0 saturated heterocycles. The third kappa shape index (κ3) is 1.57. The zero-order chi connectivity index (χ0) is 12.5. The third-order valence-electron chi connectivity index (χ3n) is 2.88. The highest BCUT2D eigenvalue weighted by molar-refractivity contribution is 6.00. The van der Waals surface area contributed by atoms with Gasteiger partial charge in [-0.25, -0.2) is 0 Å². The van der Waals surface area contributed by atoms with Crippen LogP contribution in [-0.2, 0) is 0 Å². The Hall–Kier alpha value is -2.56. The van der Waals surface area contributed by atoms with Gasteiger partial charge in [0, 0.05) is 11.8 Å². The minimum Gasteiger partial charge on any atom is -0.497 e. The number of hydrogen-bond acceptors (Lipinski definition) is 4. The van der Waals surface area contributed by atoms with Gasteiger partial charge in [0.25, 0.3) is 0 Å². The monoisotopic (exact) mass is 240 g/mol. The number of rotatable bonds is 2. The zero-order valence-electron chi connectivity index (χ0n) is 9.84. The summed E-state index contributed by atoms with van der Waals surface area (Å²) >= 11 is 0. The van der Waals surface area contributed by atoms with Gasteiger partial charge >= 0.3 is 0 Å². The number of anilines is 1. The maximum atomic E-state index is 5.88. The average Bonchev–Trinajstić information content (AvgIpc) is 2.81. The first-order valence-corrected chi connectivity index (χ1v) is 5.51. The minimum atomic E-state index is 0.477. The molecule has 0 bridgehead atoms. The van der Waals surface area contributed by atoms with Gasteiger partial charge in [0.15, 0.2) is 5.82 Å². The van der Waals surface area contributed by atoms with Gasteiger partial charge in [0.1, 0.15) is 5.75 Å². The normalized spacial score (nSPS) is 10.7. The SMILES string of the molecule is COc1cccc(-c2cncc3[nH]nc(N)c23)c1. The van der Waals surface area contributed by atoms with E-state index in [9.17, 15) is 0 Å². The van der Waals surface area contributed by atoms with Crippen LogP contribution in [0.5, 0.6) is 5.75 Å². The van der Waals surface area contributed by atoms with Gasteiger partial charge < -0.3 is 10.5 Å². The number of methoxy groups -OCH3 is 1. The third-order valence-corrected chi connectivity index (χ3v) is 2.88. The highest BCUT2D eigenvalue weighted by Crippen LogP contribution is 2.31. The molecule has 0 atom stereocenters. The summed E-state index contributed by atoms with van der Waals surface area (Å²) in [6.45, 7) is 0. The van der Waals surface area contributed by atoms with Crippen LogP contribution in [-0.4, -0.2) is 22.3 Å². The van der Waals surface area contributed by atoms with Crippen LogP contribution in [0.1, 0.15) is 0 Å². The molecule has 18 heavy (non-hydrogen) atoms. The molecule has 90 valence electrons. The van der Waals surface area contributed by atoms with Crippen LogP contribution in [0.15, 0.2) is 36.7 Å². The standard InChI is InChI=1S/C13H12N4O/c1-18-9-4-2-3-8(5-9)10-6-15-7-11-12(10)13(14)17-16-11/h2-7H,1H3,(H3,14,16,17). The zero-order valence-corrected chi connectivity index (χ0v) is 9.84. The second kappa shape index (κ2) is 4.03. The molecule has 0 aliphatic rings. The smallest absolute Gasteiger partial charge is 0.153 e. The van der Waals surface area contributed by atoms with Crippen LogP contribution in [0.2, 0.25) is 0 Å². The van der Waals surface area contributed by atoms with E-state index < -0.39 is 0 Å². The number of nitrogens with one attached hydrogen (secondary N) is 1. The fraction of sp³-hybridized carbons (Fsp3) is 0.0769. The van der Waals surface area contributed by atoms with Crippen molar-refractivity contribution in [1.82, 2.24) is 15.2 Å². The summed E-state index contributed by atoms with van der Waals surface area (Å²) in [5, 5.41) is 7.75. The van der Waals surface area contributed by atoms with Crippen molar-refractivity contribution in [1.29, 1.82) is 0 Å². The number of benzene rings is 1. The van der Waals surface area contributed by atoms with Crippen LogP contribution >= 0.6 is 0 Å². The summed E-state index contributed by atoms with van der Waals surface area (Å²) in [7, 11) is 1.64. The molecule has 0 amide bonds. The first kappa shape index (κ1) is 10.6. The van der Waals surface area contributed by atoms with E-state index in [0.717, 1.165) is 27.8 Å². The molecule has 0 unspecified atom stereocenters. The molecule has 3 aromatic rings. The van der Waals surface area contributed by atoms with Crippen molar-refractivity contribution >= 4 is 16.7 Å². The predicted octanol–water partition coefficient (Wildman–Crippen LogP) is 2.22. The van der Waals surface area contributed by atoms with Gasteiger partial charge in [-0.1, -0.05) is 12.1 Å². The quantitative estimate of drug-likeness (QED) is 0.720. The topological polar surface area (TPSA) is 76.8 Å². The minimum absolute atomic E-state index is 0.477. The van der Waals surface area contributed by atoms with Crippen LogP contribution in [0.3, 0.4) is 0 Å². The highest BCUT2D eigenvalue weighted by Gasteiger charge is 2.10. The Kier molecular flexibility index (Phi) is 2.37. The number of nitrogen functional groups attached to an aromatic ring is 1. The largest absolute Gasteiger partial charge is 0.497 e. The Bertz CT molecular complexity index is 705. The van der Waals surface area contributed by atoms with E-state index in [4.69, 9.17) is 10.5 Å². The Balaban J connectivity index is 2.27. The van der Waals surface area contributed by atoms with Gasteiger partial charge in [-0.15, -0.1) is 0 Å². The molecule has 5 heteroatoms. The van der Waals surface area contributed by atoms with Crippen LogP contribution < -0.4 is 10.5 Å². The van der Waals surface area contributed by atoms with E-state index in [1.165, 1.54) is 0 Å². The van der Waals surface area contributed by atoms with Crippen LogP contribution in [0.4, 0.5) is 5.82 Å². The fourth-order valence-corrected chi connectivity index (χ4v) is 2.01. The number of hydrogen-bond donors (Lipinski definition) is 2. The van der Waals surface area contributed by atoms with Gasteiger partial charge in [-0.2, -0.15) is 5.10 Å². The molecule has 0 aliphatic carbocycles. The summed E-state index contributed by atoms with van der Waals surface area (Å²) in [6.07, 6.45) is 3.49. The summed E-state index contributed by atoms with van der Waals surface area (Å²) in [6, 6.07) is 7.77. The lowest BCUT2D eigenvalue weighted by molar-refractivity contribution is 0.415. The van der Waals surface area contributed by atoms with Gasteiger partial charge in [-0.3, -0.25) is 10.1 Å². The maximum absolute atomic E-state index is 5.88. The first-order valence-electron chi connectivity index (χ1n) is 5.51. The number of nitrogens with two attached hydrogens (primary N) is 1. The number of aromatic nitrogens is 3. The van der Waals surface area contributed by atoms with Gasteiger partial charge in [-0.05, 0) is 17.7 Å². The average molecular weight is 240 g/mol. The van der Waals surface area contributed by atoms with Crippen molar-refractivity contribution in [2.24, 2.45) is 0 Å². The molecule has 5 nitrogen and oxygen atoms in total. The lowest BCUT2D eigenvalue weighted by Crippen LogP contribution is -1.89. The van der Waals surface area contributed by atoms with E-state index in [0.29, 0.717) is 5.82 Å². The molecule has 0 saturated carbocycles. The highest BCUT2D eigenvalue weighted by atomic mass is 16.5. The second-order valence-corrected chi connectivity index (χ2v) is 3.95. The molecule has 0 spiro atoms. The summed E-state index contributed by atoms with van der Waals surface area (Å²) in [4.78, 5) is 4.19. The second-order valence-electron chi connectivity index (χ2n) is 3.95.